The van der Waals surface area contributed by atoms with Gasteiger partial charge in [-0.25, -0.2) is 0 Å². The molecule has 3 rings (SSSR count). The van der Waals surface area contributed by atoms with Gasteiger partial charge in [0.15, 0.2) is 0 Å². The van der Waals surface area contributed by atoms with E-state index >= 15 is 0 Å². The molecule has 19 heavy (non-hydrogen) atoms. The first kappa shape index (κ1) is 12.8. The van der Waals surface area contributed by atoms with Crippen molar-refractivity contribution in [3.63, 3.8) is 0 Å². The van der Waals surface area contributed by atoms with Crippen LogP contribution in [0.5, 0.6) is 0 Å². The number of benzene rings is 1. The second-order valence-corrected chi connectivity index (χ2v) is 6.18. The van der Waals surface area contributed by atoms with Crippen LogP contribution in [0.1, 0.15) is 24.8 Å². The molecule has 0 saturated carbocycles. The van der Waals surface area contributed by atoms with Gasteiger partial charge in [0.1, 0.15) is 0 Å². The average molecular weight is 259 g/mol. The number of nitrogens with zero attached hydrogens (tertiary/aromatic N) is 2. The SMILES string of the molecule is Cc1ccc(NC2CCN3CCCC23)cc1N(C)C. The summed E-state index contributed by atoms with van der Waals surface area (Å²) in [4.78, 5) is 4.84. The molecule has 2 heterocycles. The Balaban J connectivity index is 1.75. The van der Waals surface area contributed by atoms with E-state index in [2.05, 4.69) is 54.3 Å². The van der Waals surface area contributed by atoms with Crippen LogP contribution in [0.15, 0.2) is 18.2 Å². The first-order valence-electron chi connectivity index (χ1n) is 7.44. The fourth-order valence-electron chi connectivity index (χ4n) is 3.65. The van der Waals surface area contributed by atoms with Gasteiger partial charge in [-0.05, 0) is 50.4 Å². The van der Waals surface area contributed by atoms with E-state index in [4.69, 9.17) is 0 Å². The van der Waals surface area contributed by atoms with Crippen LogP contribution in [-0.2, 0) is 0 Å². The largest absolute Gasteiger partial charge is 0.381 e. The summed E-state index contributed by atoms with van der Waals surface area (Å²) >= 11 is 0. The standard InChI is InChI=1S/C16H25N3/c1-12-6-7-13(11-16(12)18(2)3)17-14-8-10-19-9-4-5-15(14)19/h6-7,11,14-15,17H,4-5,8-10H2,1-3H3. The molecule has 2 atom stereocenters. The van der Waals surface area contributed by atoms with Gasteiger partial charge in [-0.1, -0.05) is 6.07 Å². The number of hydrogen-bond acceptors (Lipinski definition) is 3. The Morgan fingerprint density at radius 1 is 1.21 bits per heavy atom. The first-order chi connectivity index (χ1) is 9.15. The molecule has 104 valence electrons. The van der Waals surface area contributed by atoms with Crippen molar-refractivity contribution in [1.82, 2.24) is 4.90 Å². The summed E-state index contributed by atoms with van der Waals surface area (Å²) < 4.78 is 0. The van der Waals surface area contributed by atoms with E-state index in [1.165, 1.54) is 49.3 Å². The summed E-state index contributed by atoms with van der Waals surface area (Å²) in [7, 11) is 4.22. The minimum absolute atomic E-state index is 0.639. The van der Waals surface area contributed by atoms with E-state index in [1.54, 1.807) is 0 Å². The van der Waals surface area contributed by atoms with E-state index < -0.39 is 0 Å². The van der Waals surface area contributed by atoms with Crippen molar-refractivity contribution >= 4 is 11.4 Å². The van der Waals surface area contributed by atoms with Crippen LogP contribution in [0.3, 0.4) is 0 Å². The van der Waals surface area contributed by atoms with Crippen LogP contribution in [0.4, 0.5) is 11.4 Å². The lowest BCUT2D eigenvalue weighted by atomic mass is 10.1. The molecule has 0 aromatic heterocycles. The molecule has 1 N–H and O–H groups in total. The molecule has 3 nitrogen and oxygen atoms in total. The molecule has 2 unspecified atom stereocenters. The molecule has 1 aromatic carbocycles. The van der Waals surface area contributed by atoms with Crippen LogP contribution >= 0.6 is 0 Å². The molecular weight excluding hydrogens is 234 g/mol. The molecule has 2 aliphatic heterocycles. The molecular formula is C16H25N3. The summed E-state index contributed by atoms with van der Waals surface area (Å²) in [6.07, 6.45) is 4.03. The summed E-state index contributed by atoms with van der Waals surface area (Å²) in [6.45, 7) is 4.75. The van der Waals surface area contributed by atoms with Crippen LogP contribution in [0, 0.1) is 6.92 Å². The van der Waals surface area contributed by atoms with Gasteiger partial charge in [-0.15, -0.1) is 0 Å². The van der Waals surface area contributed by atoms with Gasteiger partial charge in [-0.3, -0.25) is 4.90 Å². The van der Waals surface area contributed by atoms with Gasteiger partial charge in [0.2, 0.25) is 0 Å². The maximum atomic E-state index is 3.77. The molecule has 0 spiro atoms. The molecule has 1 aromatic rings. The van der Waals surface area contributed by atoms with E-state index in [-0.39, 0.29) is 0 Å². The number of rotatable bonds is 3. The van der Waals surface area contributed by atoms with Crippen molar-refractivity contribution < 1.29 is 0 Å². The fourth-order valence-corrected chi connectivity index (χ4v) is 3.65. The Kier molecular flexibility index (Phi) is 3.40. The first-order valence-corrected chi connectivity index (χ1v) is 7.44. The average Bonchev–Trinajstić information content (AvgIpc) is 2.96. The lowest BCUT2D eigenvalue weighted by Gasteiger charge is -2.24. The number of aryl methyl sites for hydroxylation is 1. The molecule has 0 bridgehead atoms. The van der Waals surface area contributed by atoms with E-state index in [0.717, 1.165) is 6.04 Å². The highest BCUT2D eigenvalue weighted by molar-refractivity contribution is 5.62. The number of fused-ring (bicyclic) bond motifs is 1. The van der Waals surface area contributed by atoms with Crippen molar-refractivity contribution in [2.45, 2.75) is 38.3 Å². The van der Waals surface area contributed by atoms with Gasteiger partial charge >= 0.3 is 0 Å². The zero-order chi connectivity index (χ0) is 13.4. The van der Waals surface area contributed by atoms with E-state index in [0.29, 0.717) is 6.04 Å². The minimum atomic E-state index is 0.639. The smallest absolute Gasteiger partial charge is 0.0429 e. The molecule has 2 fully saturated rings. The van der Waals surface area contributed by atoms with Gasteiger partial charge in [0, 0.05) is 44.1 Å². The van der Waals surface area contributed by atoms with Gasteiger partial charge < -0.3 is 10.2 Å². The Morgan fingerprint density at radius 2 is 2.05 bits per heavy atom. The zero-order valence-corrected chi connectivity index (χ0v) is 12.3. The van der Waals surface area contributed by atoms with Gasteiger partial charge in [0.05, 0.1) is 0 Å². The quantitative estimate of drug-likeness (QED) is 0.900. The second kappa shape index (κ2) is 5.04. The summed E-state index contributed by atoms with van der Waals surface area (Å²) in [5, 5.41) is 3.77. The van der Waals surface area contributed by atoms with Gasteiger partial charge in [-0.2, -0.15) is 0 Å². The molecule has 2 aliphatic rings. The van der Waals surface area contributed by atoms with Crippen molar-refractivity contribution in [3.8, 4) is 0 Å². The van der Waals surface area contributed by atoms with E-state index in [1.807, 2.05) is 0 Å². The van der Waals surface area contributed by atoms with Crippen LogP contribution in [0.25, 0.3) is 0 Å². The van der Waals surface area contributed by atoms with Crippen molar-refractivity contribution in [2.75, 3.05) is 37.4 Å². The van der Waals surface area contributed by atoms with Crippen LogP contribution < -0.4 is 10.2 Å². The second-order valence-electron chi connectivity index (χ2n) is 6.18. The van der Waals surface area contributed by atoms with Crippen molar-refractivity contribution in [1.29, 1.82) is 0 Å². The molecule has 0 aliphatic carbocycles. The molecule has 0 radical (unpaired) electrons. The highest BCUT2D eigenvalue weighted by Crippen LogP contribution is 2.31. The minimum Gasteiger partial charge on any atom is -0.381 e. The monoisotopic (exact) mass is 259 g/mol. The van der Waals surface area contributed by atoms with Crippen molar-refractivity contribution in [3.05, 3.63) is 23.8 Å². The van der Waals surface area contributed by atoms with E-state index in [9.17, 15) is 0 Å². The molecule has 0 amide bonds. The topological polar surface area (TPSA) is 18.5 Å². The Hall–Kier alpha value is -1.22. The summed E-state index contributed by atoms with van der Waals surface area (Å²) in [5.74, 6) is 0. The Bertz CT molecular complexity index is 455. The summed E-state index contributed by atoms with van der Waals surface area (Å²) in [5.41, 5.74) is 3.92. The zero-order valence-electron chi connectivity index (χ0n) is 12.3. The van der Waals surface area contributed by atoms with Crippen LogP contribution in [-0.4, -0.2) is 44.2 Å². The predicted octanol–water partition coefficient (Wildman–Crippen LogP) is 2.71. The Morgan fingerprint density at radius 3 is 2.84 bits per heavy atom. The van der Waals surface area contributed by atoms with Crippen molar-refractivity contribution in [2.24, 2.45) is 0 Å². The van der Waals surface area contributed by atoms with Crippen LogP contribution in [0.2, 0.25) is 0 Å². The maximum Gasteiger partial charge on any atom is 0.0429 e. The number of anilines is 2. The maximum absolute atomic E-state index is 3.77. The lowest BCUT2D eigenvalue weighted by Crippen LogP contribution is -2.33. The third kappa shape index (κ3) is 2.44. The normalized spacial score (nSPS) is 26.5. The third-order valence-corrected chi connectivity index (χ3v) is 4.65. The van der Waals surface area contributed by atoms with Gasteiger partial charge in [0.25, 0.3) is 0 Å². The molecule has 2 saturated heterocycles. The highest BCUT2D eigenvalue weighted by Gasteiger charge is 2.36. The lowest BCUT2D eigenvalue weighted by molar-refractivity contribution is 0.318. The predicted molar refractivity (Wildman–Crippen MR) is 82.1 cm³/mol. The Labute approximate surface area is 116 Å². The molecule has 3 heteroatoms. The number of hydrogen-bond donors (Lipinski definition) is 1. The third-order valence-electron chi connectivity index (χ3n) is 4.65. The fraction of sp³-hybridized carbons (Fsp3) is 0.625. The highest BCUT2D eigenvalue weighted by atomic mass is 15.2. The summed E-state index contributed by atoms with van der Waals surface area (Å²) in [6, 6.07) is 8.13. The number of nitrogens with one attached hydrogen (secondary N) is 1.